The molecule has 2 heterocycles. The second-order valence-corrected chi connectivity index (χ2v) is 7.16. The van der Waals surface area contributed by atoms with Gasteiger partial charge in [-0.1, -0.05) is 28.1 Å². The Morgan fingerprint density at radius 3 is 2.54 bits per heavy atom. The average molecular weight is 450 g/mol. The zero-order chi connectivity index (χ0) is 17.1. The van der Waals surface area contributed by atoms with Gasteiger partial charge in [-0.05, 0) is 46.3 Å². The Labute approximate surface area is 156 Å². The molecule has 0 aliphatic carbocycles. The second kappa shape index (κ2) is 7.32. The molecule has 1 aromatic carbocycles. The average Bonchev–Trinajstić information content (AvgIpc) is 3.03. The number of hydrogen-bond donors (Lipinski definition) is 0. The third-order valence-electron chi connectivity index (χ3n) is 3.48. The SMILES string of the molecule is CN(Cc1ccc(-c2ccc(Br)cc2)o1)C(=O)c1cncc(Br)c1. The van der Waals surface area contributed by atoms with Crippen LogP contribution in [0.25, 0.3) is 11.3 Å². The Morgan fingerprint density at radius 1 is 1.08 bits per heavy atom. The van der Waals surface area contributed by atoms with Gasteiger partial charge in [0.05, 0.1) is 12.1 Å². The lowest BCUT2D eigenvalue weighted by molar-refractivity contribution is 0.0775. The van der Waals surface area contributed by atoms with Crippen LogP contribution in [0.4, 0.5) is 0 Å². The quantitative estimate of drug-likeness (QED) is 0.554. The van der Waals surface area contributed by atoms with Crippen molar-refractivity contribution in [3.05, 3.63) is 75.1 Å². The maximum atomic E-state index is 12.4. The fourth-order valence-corrected chi connectivity index (χ4v) is 2.92. The molecule has 122 valence electrons. The van der Waals surface area contributed by atoms with Gasteiger partial charge in [-0.2, -0.15) is 0 Å². The highest BCUT2D eigenvalue weighted by molar-refractivity contribution is 9.10. The number of furan rings is 1. The molecule has 0 saturated carbocycles. The van der Waals surface area contributed by atoms with E-state index in [1.54, 1.807) is 30.4 Å². The molecule has 2 aromatic heterocycles. The lowest BCUT2D eigenvalue weighted by Crippen LogP contribution is -2.26. The minimum absolute atomic E-state index is 0.106. The first-order chi connectivity index (χ1) is 11.5. The number of nitrogens with zero attached hydrogens (tertiary/aromatic N) is 2. The molecule has 0 spiro atoms. The summed E-state index contributed by atoms with van der Waals surface area (Å²) in [5.41, 5.74) is 1.53. The van der Waals surface area contributed by atoms with Crippen molar-refractivity contribution in [2.45, 2.75) is 6.54 Å². The zero-order valence-corrected chi connectivity index (χ0v) is 16.0. The molecule has 0 atom stereocenters. The largest absolute Gasteiger partial charge is 0.459 e. The maximum absolute atomic E-state index is 12.4. The first-order valence-electron chi connectivity index (χ1n) is 7.23. The van der Waals surface area contributed by atoms with E-state index in [1.165, 1.54) is 0 Å². The molecule has 0 fully saturated rings. The van der Waals surface area contributed by atoms with Gasteiger partial charge in [0.2, 0.25) is 0 Å². The summed E-state index contributed by atoms with van der Waals surface area (Å²) in [6.07, 6.45) is 3.20. The molecule has 0 N–H and O–H groups in total. The van der Waals surface area contributed by atoms with Crippen LogP contribution in [-0.4, -0.2) is 22.8 Å². The fourth-order valence-electron chi connectivity index (χ4n) is 2.29. The van der Waals surface area contributed by atoms with Crippen LogP contribution in [0.1, 0.15) is 16.1 Å². The monoisotopic (exact) mass is 448 g/mol. The number of benzene rings is 1. The van der Waals surface area contributed by atoms with Crippen LogP contribution >= 0.6 is 31.9 Å². The molecule has 0 unspecified atom stereocenters. The van der Waals surface area contributed by atoms with Gasteiger partial charge in [0.25, 0.3) is 5.91 Å². The van der Waals surface area contributed by atoms with Crippen molar-refractivity contribution >= 4 is 37.8 Å². The Kier molecular flexibility index (Phi) is 5.16. The van der Waals surface area contributed by atoms with Gasteiger partial charge >= 0.3 is 0 Å². The van der Waals surface area contributed by atoms with Crippen molar-refractivity contribution in [1.82, 2.24) is 9.88 Å². The Hall–Kier alpha value is -1.92. The molecule has 0 saturated heterocycles. The predicted octanol–water partition coefficient (Wildman–Crippen LogP) is 5.14. The Morgan fingerprint density at radius 2 is 1.83 bits per heavy atom. The van der Waals surface area contributed by atoms with Crippen molar-refractivity contribution in [2.24, 2.45) is 0 Å². The summed E-state index contributed by atoms with van der Waals surface area (Å²) in [7, 11) is 1.74. The topological polar surface area (TPSA) is 46.3 Å². The number of aromatic nitrogens is 1. The molecule has 3 aromatic rings. The Bertz CT molecular complexity index is 859. The first-order valence-corrected chi connectivity index (χ1v) is 8.82. The van der Waals surface area contributed by atoms with Gasteiger partial charge in [-0.3, -0.25) is 9.78 Å². The van der Waals surface area contributed by atoms with Gasteiger partial charge < -0.3 is 9.32 Å². The molecule has 0 bridgehead atoms. The zero-order valence-electron chi connectivity index (χ0n) is 12.9. The van der Waals surface area contributed by atoms with E-state index < -0.39 is 0 Å². The minimum Gasteiger partial charge on any atom is -0.459 e. The van der Waals surface area contributed by atoms with E-state index in [0.717, 1.165) is 26.0 Å². The summed E-state index contributed by atoms with van der Waals surface area (Å²) in [6.45, 7) is 0.391. The summed E-state index contributed by atoms with van der Waals surface area (Å²) in [4.78, 5) is 18.1. The molecule has 1 amide bonds. The van der Waals surface area contributed by atoms with Gasteiger partial charge in [0, 0.05) is 34.0 Å². The van der Waals surface area contributed by atoms with Crippen LogP contribution in [0.3, 0.4) is 0 Å². The molecule has 0 aliphatic rings. The number of carbonyl (C=O) groups is 1. The molecule has 6 heteroatoms. The van der Waals surface area contributed by atoms with Gasteiger partial charge in [-0.25, -0.2) is 0 Å². The van der Waals surface area contributed by atoms with Crippen LogP contribution in [0.2, 0.25) is 0 Å². The number of rotatable bonds is 4. The van der Waals surface area contributed by atoms with E-state index in [4.69, 9.17) is 4.42 Å². The summed E-state index contributed by atoms with van der Waals surface area (Å²) >= 11 is 6.74. The lowest BCUT2D eigenvalue weighted by Gasteiger charge is -2.15. The number of amides is 1. The number of pyridine rings is 1. The molecule has 4 nitrogen and oxygen atoms in total. The molecular weight excluding hydrogens is 436 g/mol. The van der Waals surface area contributed by atoms with E-state index in [1.807, 2.05) is 36.4 Å². The van der Waals surface area contributed by atoms with E-state index in [9.17, 15) is 4.79 Å². The van der Waals surface area contributed by atoms with Crippen LogP contribution in [0, 0.1) is 0 Å². The standard InChI is InChI=1S/C18H14Br2N2O2/c1-22(18(23)13-8-15(20)10-21-9-13)11-16-6-7-17(24-16)12-2-4-14(19)5-3-12/h2-10H,11H2,1H3. The highest BCUT2D eigenvalue weighted by Gasteiger charge is 2.15. The summed E-state index contributed by atoms with van der Waals surface area (Å²) in [6, 6.07) is 13.4. The highest BCUT2D eigenvalue weighted by atomic mass is 79.9. The normalized spacial score (nSPS) is 10.6. The van der Waals surface area contributed by atoms with Crippen LogP contribution in [0.15, 0.2) is 68.2 Å². The molecule has 0 radical (unpaired) electrons. The lowest BCUT2D eigenvalue weighted by atomic mass is 10.2. The summed E-state index contributed by atoms with van der Waals surface area (Å²) in [5.74, 6) is 1.40. The van der Waals surface area contributed by atoms with Crippen molar-refractivity contribution in [3.8, 4) is 11.3 Å². The Balaban J connectivity index is 1.72. The van der Waals surface area contributed by atoms with Crippen LogP contribution in [0.5, 0.6) is 0 Å². The number of carbonyl (C=O) groups excluding carboxylic acids is 1. The minimum atomic E-state index is -0.106. The smallest absolute Gasteiger partial charge is 0.255 e. The molecule has 24 heavy (non-hydrogen) atoms. The maximum Gasteiger partial charge on any atom is 0.255 e. The first kappa shape index (κ1) is 16.9. The van der Waals surface area contributed by atoms with E-state index in [-0.39, 0.29) is 5.91 Å². The van der Waals surface area contributed by atoms with Crippen molar-refractivity contribution in [2.75, 3.05) is 7.05 Å². The van der Waals surface area contributed by atoms with Crippen molar-refractivity contribution in [1.29, 1.82) is 0 Å². The second-order valence-electron chi connectivity index (χ2n) is 5.33. The molecular formula is C18H14Br2N2O2. The van der Waals surface area contributed by atoms with Crippen LogP contribution in [-0.2, 0) is 6.54 Å². The third kappa shape index (κ3) is 3.94. The third-order valence-corrected chi connectivity index (χ3v) is 4.44. The van der Waals surface area contributed by atoms with Crippen molar-refractivity contribution < 1.29 is 9.21 Å². The molecule has 3 rings (SSSR count). The summed E-state index contributed by atoms with van der Waals surface area (Å²) in [5, 5.41) is 0. The van der Waals surface area contributed by atoms with Gasteiger partial charge in [0.1, 0.15) is 11.5 Å². The summed E-state index contributed by atoms with van der Waals surface area (Å²) < 4.78 is 7.65. The van der Waals surface area contributed by atoms with Crippen LogP contribution < -0.4 is 0 Å². The van der Waals surface area contributed by atoms with Crippen molar-refractivity contribution in [3.63, 3.8) is 0 Å². The number of halogens is 2. The predicted molar refractivity (Wildman–Crippen MR) is 99.6 cm³/mol. The van der Waals surface area contributed by atoms with E-state index in [0.29, 0.717) is 12.1 Å². The van der Waals surface area contributed by atoms with Gasteiger partial charge in [-0.15, -0.1) is 0 Å². The number of hydrogen-bond acceptors (Lipinski definition) is 3. The van der Waals surface area contributed by atoms with Gasteiger partial charge in [0.15, 0.2) is 0 Å². The van der Waals surface area contributed by atoms with E-state index in [2.05, 4.69) is 36.8 Å². The van der Waals surface area contributed by atoms with E-state index >= 15 is 0 Å². The highest BCUT2D eigenvalue weighted by Crippen LogP contribution is 2.24. The molecule has 0 aliphatic heterocycles. The fraction of sp³-hybridized carbons (Fsp3) is 0.111.